The van der Waals surface area contributed by atoms with Crippen molar-refractivity contribution in [3.8, 4) is 0 Å². The molecule has 1 aromatic carbocycles. The van der Waals surface area contributed by atoms with Crippen molar-refractivity contribution in [3.63, 3.8) is 0 Å². The summed E-state index contributed by atoms with van der Waals surface area (Å²) in [7, 11) is 0. The zero-order chi connectivity index (χ0) is 11.0. The molecule has 3 rings (SSSR count). The lowest BCUT2D eigenvalue weighted by atomic mass is 9.99. The van der Waals surface area contributed by atoms with Gasteiger partial charge in [-0.25, -0.2) is 0 Å². The highest BCUT2D eigenvalue weighted by Gasteiger charge is 2.10. The molecule has 0 spiro atoms. The number of rotatable bonds is 1. The summed E-state index contributed by atoms with van der Waals surface area (Å²) < 4.78 is 0. The van der Waals surface area contributed by atoms with E-state index in [0.29, 0.717) is 0 Å². The molecule has 2 heterocycles. The first kappa shape index (κ1) is 9.67. The van der Waals surface area contributed by atoms with Crippen LogP contribution in [-0.4, -0.2) is 18.1 Å². The van der Waals surface area contributed by atoms with Crippen LogP contribution in [-0.2, 0) is 0 Å². The quantitative estimate of drug-likeness (QED) is 0.747. The lowest BCUT2D eigenvalue weighted by Crippen LogP contribution is -2.19. The van der Waals surface area contributed by atoms with Crippen molar-refractivity contribution in [2.75, 3.05) is 13.1 Å². The number of H-pyrrole nitrogens is 1. The van der Waals surface area contributed by atoms with E-state index in [1.165, 1.54) is 27.6 Å². The molecule has 1 aliphatic heterocycles. The maximum Gasteiger partial charge on any atom is 0.0462 e. The van der Waals surface area contributed by atoms with Crippen molar-refractivity contribution in [3.05, 3.63) is 41.6 Å². The maximum atomic E-state index is 3.37. The Bertz CT molecular complexity index is 549. The van der Waals surface area contributed by atoms with Gasteiger partial charge in [-0.1, -0.05) is 18.2 Å². The predicted molar refractivity (Wildman–Crippen MR) is 68.5 cm³/mol. The van der Waals surface area contributed by atoms with Crippen molar-refractivity contribution >= 4 is 16.5 Å². The van der Waals surface area contributed by atoms with Crippen molar-refractivity contribution in [2.24, 2.45) is 0 Å². The summed E-state index contributed by atoms with van der Waals surface area (Å²) >= 11 is 0. The Kier molecular flexibility index (Phi) is 2.29. The van der Waals surface area contributed by atoms with Crippen LogP contribution in [0.4, 0.5) is 0 Å². The molecule has 0 unspecified atom stereocenters. The summed E-state index contributed by atoms with van der Waals surface area (Å²) in [4.78, 5) is 3.37. The van der Waals surface area contributed by atoms with Crippen LogP contribution >= 0.6 is 0 Å². The van der Waals surface area contributed by atoms with Gasteiger partial charge in [0.05, 0.1) is 0 Å². The normalized spacial score (nSPS) is 16.4. The topological polar surface area (TPSA) is 27.8 Å². The van der Waals surface area contributed by atoms with E-state index >= 15 is 0 Å². The van der Waals surface area contributed by atoms with Crippen molar-refractivity contribution < 1.29 is 0 Å². The van der Waals surface area contributed by atoms with E-state index < -0.39 is 0 Å². The van der Waals surface area contributed by atoms with E-state index in [2.05, 4.69) is 47.7 Å². The molecule has 2 N–H and O–H groups in total. The number of nitrogens with one attached hydrogen (secondary N) is 2. The largest absolute Gasteiger partial charge is 0.361 e. The first-order chi connectivity index (χ1) is 7.84. The molecular formula is C14H16N2. The third-order valence-electron chi connectivity index (χ3n) is 3.25. The molecule has 16 heavy (non-hydrogen) atoms. The summed E-state index contributed by atoms with van der Waals surface area (Å²) in [6, 6.07) is 6.61. The number of aromatic amines is 1. The number of benzene rings is 1. The molecule has 2 heteroatoms. The van der Waals surface area contributed by atoms with E-state index in [0.717, 1.165) is 19.5 Å². The number of aromatic nitrogens is 1. The zero-order valence-corrected chi connectivity index (χ0v) is 9.51. The lowest BCUT2D eigenvalue weighted by Gasteiger charge is -2.13. The van der Waals surface area contributed by atoms with Gasteiger partial charge in [-0.15, -0.1) is 0 Å². The van der Waals surface area contributed by atoms with Crippen LogP contribution in [0.5, 0.6) is 0 Å². The Balaban J connectivity index is 2.13. The van der Waals surface area contributed by atoms with Gasteiger partial charge in [-0.3, -0.25) is 0 Å². The SMILES string of the molecule is Cc1ccc2c(C3=CCNCC3)c[nH]c2c1. The number of hydrogen-bond donors (Lipinski definition) is 2. The fourth-order valence-electron chi connectivity index (χ4n) is 2.37. The minimum Gasteiger partial charge on any atom is -0.361 e. The monoisotopic (exact) mass is 212 g/mol. The van der Waals surface area contributed by atoms with E-state index in [4.69, 9.17) is 0 Å². The Morgan fingerprint density at radius 1 is 1.25 bits per heavy atom. The average Bonchev–Trinajstić information content (AvgIpc) is 2.73. The second-order valence-corrected chi connectivity index (χ2v) is 4.43. The molecule has 0 aliphatic carbocycles. The number of fused-ring (bicyclic) bond motifs is 1. The van der Waals surface area contributed by atoms with Gasteiger partial charge in [0.2, 0.25) is 0 Å². The second-order valence-electron chi connectivity index (χ2n) is 4.43. The highest BCUT2D eigenvalue weighted by Crippen LogP contribution is 2.28. The van der Waals surface area contributed by atoms with E-state index in [1.54, 1.807) is 0 Å². The van der Waals surface area contributed by atoms with Gasteiger partial charge in [-0.05, 0) is 37.1 Å². The Morgan fingerprint density at radius 2 is 2.19 bits per heavy atom. The second kappa shape index (κ2) is 3.80. The van der Waals surface area contributed by atoms with Gasteiger partial charge in [0.25, 0.3) is 0 Å². The van der Waals surface area contributed by atoms with E-state index in [-0.39, 0.29) is 0 Å². The molecule has 0 bridgehead atoms. The molecule has 0 radical (unpaired) electrons. The van der Waals surface area contributed by atoms with Crippen LogP contribution in [0.25, 0.3) is 16.5 Å². The fraction of sp³-hybridized carbons (Fsp3) is 0.286. The van der Waals surface area contributed by atoms with Crippen molar-refractivity contribution in [1.82, 2.24) is 10.3 Å². The minimum atomic E-state index is 0.994. The summed E-state index contributed by atoms with van der Waals surface area (Å²) in [6.45, 7) is 4.21. The summed E-state index contributed by atoms with van der Waals surface area (Å²) in [5, 5.41) is 4.69. The van der Waals surface area contributed by atoms with Gasteiger partial charge in [0, 0.05) is 29.2 Å². The van der Waals surface area contributed by atoms with Crippen molar-refractivity contribution in [1.29, 1.82) is 0 Å². The Labute approximate surface area is 95.4 Å². The highest BCUT2D eigenvalue weighted by molar-refractivity contribution is 5.93. The average molecular weight is 212 g/mol. The van der Waals surface area contributed by atoms with Crippen LogP contribution in [0.15, 0.2) is 30.5 Å². The molecule has 82 valence electrons. The fourth-order valence-corrected chi connectivity index (χ4v) is 2.37. The smallest absolute Gasteiger partial charge is 0.0462 e. The Morgan fingerprint density at radius 3 is 3.00 bits per heavy atom. The van der Waals surface area contributed by atoms with Gasteiger partial charge in [-0.2, -0.15) is 0 Å². The van der Waals surface area contributed by atoms with Crippen LogP contribution in [0.1, 0.15) is 17.5 Å². The highest BCUT2D eigenvalue weighted by atomic mass is 14.8. The van der Waals surface area contributed by atoms with Gasteiger partial charge in [0.1, 0.15) is 0 Å². The van der Waals surface area contributed by atoms with Crippen LogP contribution in [0.3, 0.4) is 0 Å². The molecule has 1 aromatic heterocycles. The van der Waals surface area contributed by atoms with Crippen LogP contribution < -0.4 is 5.32 Å². The lowest BCUT2D eigenvalue weighted by molar-refractivity contribution is 0.739. The molecular weight excluding hydrogens is 196 g/mol. The first-order valence-electron chi connectivity index (χ1n) is 5.82. The third-order valence-corrected chi connectivity index (χ3v) is 3.25. The zero-order valence-electron chi connectivity index (χ0n) is 9.51. The molecule has 0 saturated carbocycles. The van der Waals surface area contributed by atoms with E-state index in [1.807, 2.05) is 0 Å². The molecule has 2 nitrogen and oxygen atoms in total. The third kappa shape index (κ3) is 1.55. The summed E-state index contributed by atoms with van der Waals surface area (Å²) in [5.41, 5.74) is 5.39. The van der Waals surface area contributed by atoms with Crippen LogP contribution in [0, 0.1) is 6.92 Å². The Hall–Kier alpha value is -1.54. The van der Waals surface area contributed by atoms with Gasteiger partial charge in [0.15, 0.2) is 0 Å². The minimum absolute atomic E-state index is 0.994. The van der Waals surface area contributed by atoms with Gasteiger partial charge >= 0.3 is 0 Å². The predicted octanol–water partition coefficient (Wildman–Crippen LogP) is 2.85. The number of hydrogen-bond acceptors (Lipinski definition) is 1. The maximum absolute atomic E-state index is 3.37. The summed E-state index contributed by atoms with van der Waals surface area (Å²) in [6.07, 6.45) is 5.56. The first-order valence-corrected chi connectivity index (χ1v) is 5.82. The standard InChI is InChI=1S/C14H16N2/c1-10-2-3-12-13(9-16-14(12)8-10)11-4-6-15-7-5-11/h2-4,8-9,15-16H,5-7H2,1H3. The molecule has 0 atom stereocenters. The molecule has 1 aliphatic rings. The molecule has 0 saturated heterocycles. The summed E-state index contributed by atoms with van der Waals surface area (Å²) in [5.74, 6) is 0. The van der Waals surface area contributed by atoms with Crippen molar-refractivity contribution in [2.45, 2.75) is 13.3 Å². The molecule has 2 aromatic rings. The van der Waals surface area contributed by atoms with E-state index in [9.17, 15) is 0 Å². The van der Waals surface area contributed by atoms with Gasteiger partial charge < -0.3 is 10.3 Å². The molecule has 0 amide bonds. The molecule has 0 fully saturated rings. The number of aryl methyl sites for hydroxylation is 1. The van der Waals surface area contributed by atoms with Crippen LogP contribution in [0.2, 0.25) is 0 Å².